The van der Waals surface area contributed by atoms with E-state index in [-0.39, 0.29) is 18.5 Å². The molecule has 1 amide bonds. The van der Waals surface area contributed by atoms with Crippen LogP contribution in [0.15, 0.2) is 18.3 Å². The van der Waals surface area contributed by atoms with E-state index >= 15 is 0 Å². The van der Waals surface area contributed by atoms with Crippen LogP contribution in [0.1, 0.15) is 49.0 Å². The second kappa shape index (κ2) is 6.33. The van der Waals surface area contributed by atoms with Crippen LogP contribution in [0.3, 0.4) is 0 Å². The van der Waals surface area contributed by atoms with E-state index in [1.54, 1.807) is 18.3 Å². The number of nitrogens with one attached hydrogen (secondary N) is 1. The van der Waals surface area contributed by atoms with Crippen molar-refractivity contribution in [3.05, 3.63) is 24.0 Å². The number of aromatic amines is 1. The summed E-state index contributed by atoms with van der Waals surface area (Å²) >= 11 is 0. The molecule has 1 aromatic heterocycles. The van der Waals surface area contributed by atoms with Crippen LogP contribution >= 0.6 is 0 Å². The van der Waals surface area contributed by atoms with Gasteiger partial charge in [0.1, 0.15) is 5.69 Å². The van der Waals surface area contributed by atoms with Crippen LogP contribution in [0.25, 0.3) is 0 Å². The minimum Gasteiger partial charge on any atom is -0.357 e. The van der Waals surface area contributed by atoms with E-state index in [1.807, 2.05) is 0 Å². The molecule has 0 aliphatic heterocycles. The Balaban J connectivity index is 2.08. The highest BCUT2D eigenvalue weighted by Crippen LogP contribution is 2.26. The zero-order valence-corrected chi connectivity index (χ0v) is 11.2. The van der Waals surface area contributed by atoms with Crippen molar-refractivity contribution in [2.45, 2.75) is 50.7 Å². The maximum atomic E-state index is 12.4. The molecule has 0 saturated heterocycles. The fourth-order valence-corrected chi connectivity index (χ4v) is 2.71. The van der Waals surface area contributed by atoms with Crippen molar-refractivity contribution in [1.82, 2.24) is 9.88 Å². The highest BCUT2D eigenvalue weighted by molar-refractivity contribution is 5.92. The SMILES string of the molecule is O=C(c1ccc[nH]1)N(CCC(F)(F)F)C1CCCCC1. The Labute approximate surface area is 116 Å². The third kappa shape index (κ3) is 4.02. The summed E-state index contributed by atoms with van der Waals surface area (Å²) in [7, 11) is 0. The molecule has 112 valence electrons. The van der Waals surface area contributed by atoms with Crippen molar-refractivity contribution in [3.63, 3.8) is 0 Å². The van der Waals surface area contributed by atoms with Gasteiger partial charge in [0.05, 0.1) is 6.42 Å². The van der Waals surface area contributed by atoms with Gasteiger partial charge in [-0.3, -0.25) is 4.79 Å². The molecular weight excluding hydrogens is 269 g/mol. The average Bonchev–Trinajstić information content (AvgIpc) is 2.92. The molecule has 0 aromatic carbocycles. The molecule has 1 N–H and O–H groups in total. The van der Waals surface area contributed by atoms with Gasteiger partial charge in [0.15, 0.2) is 0 Å². The number of hydrogen-bond donors (Lipinski definition) is 1. The molecule has 0 unspecified atom stereocenters. The van der Waals surface area contributed by atoms with Crippen LogP contribution in [0.4, 0.5) is 13.2 Å². The zero-order chi connectivity index (χ0) is 14.6. The lowest BCUT2D eigenvalue weighted by Crippen LogP contribution is -2.43. The van der Waals surface area contributed by atoms with E-state index < -0.39 is 12.6 Å². The van der Waals surface area contributed by atoms with Crippen molar-refractivity contribution in [2.24, 2.45) is 0 Å². The number of alkyl halides is 3. The molecule has 3 nitrogen and oxygen atoms in total. The number of rotatable bonds is 4. The molecule has 6 heteroatoms. The number of amides is 1. The molecule has 1 aliphatic rings. The minimum absolute atomic E-state index is 0.0677. The van der Waals surface area contributed by atoms with Gasteiger partial charge >= 0.3 is 6.18 Å². The smallest absolute Gasteiger partial charge is 0.357 e. The van der Waals surface area contributed by atoms with E-state index in [0.717, 1.165) is 32.1 Å². The minimum atomic E-state index is -4.23. The van der Waals surface area contributed by atoms with Gasteiger partial charge in [0.25, 0.3) is 5.91 Å². The Morgan fingerprint density at radius 3 is 2.55 bits per heavy atom. The second-order valence-corrected chi connectivity index (χ2v) is 5.24. The van der Waals surface area contributed by atoms with E-state index in [1.165, 1.54) is 4.90 Å². The standard InChI is InChI=1S/C14H19F3N2O/c15-14(16,17)8-10-19(11-5-2-1-3-6-11)13(20)12-7-4-9-18-12/h4,7,9,11,18H,1-3,5-6,8,10H2. The van der Waals surface area contributed by atoms with Gasteiger partial charge in [-0.2, -0.15) is 13.2 Å². The summed E-state index contributed by atoms with van der Waals surface area (Å²) in [6.45, 7) is -0.258. The summed E-state index contributed by atoms with van der Waals surface area (Å²) in [4.78, 5) is 16.5. The van der Waals surface area contributed by atoms with Gasteiger partial charge in [-0.15, -0.1) is 0 Å². The number of halogens is 3. The number of nitrogens with zero attached hydrogens (tertiary/aromatic N) is 1. The Morgan fingerprint density at radius 2 is 2.00 bits per heavy atom. The normalized spacial score (nSPS) is 17.1. The largest absolute Gasteiger partial charge is 0.390 e. The van der Waals surface area contributed by atoms with Crippen LogP contribution in [-0.4, -0.2) is 34.6 Å². The maximum absolute atomic E-state index is 12.4. The Hall–Kier alpha value is -1.46. The number of hydrogen-bond acceptors (Lipinski definition) is 1. The van der Waals surface area contributed by atoms with Gasteiger partial charge in [0.2, 0.25) is 0 Å². The number of carbonyl (C=O) groups is 1. The third-order valence-electron chi connectivity index (χ3n) is 3.74. The van der Waals surface area contributed by atoms with Gasteiger partial charge < -0.3 is 9.88 Å². The molecule has 1 aliphatic carbocycles. The van der Waals surface area contributed by atoms with Crippen LogP contribution in [0.2, 0.25) is 0 Å². The maximum Gasteiger partial charge on any atom is 0.390 e. The van der Waals surface area contributed by atoms with Crippen LogP contribution in [0.5, 0.6) is 0 Å². The fraction of sp³-hybridized carbons (Fsp3) is 0.643. The Kier molecular flexibility index (Phi) is 4.73. The number of aromatic nitrogens is 1. The molecule has 0 bridgehead atoms. The summed E-state index contributed by atoms with van der Waals surface area (Å²) in [5.41, 5.74) is 0.359. The van der Waals surface area contributed by atoms with Crippen LogP contribution in [0, 0.1) is 0 Å². The number of carbonyl (C=O) groups excluding carboxylic acids is 1. The average molecular weight is 288 g/mol. The third-order valence-corrected chi connectivity index (χ3v) is 3.74. The van der Waals surface area contributed by atoms with Gasteiger partial charge in [0, 0.05) is 18.8 Å². The summed E-state index contributed by atoms with van der Waals surface area (Å²) in [5, 5.41) is 0. The molecule has 1 saturated carbocycles. The van der Waals surface area contributed by atoms with Gasteiger partial charge in [-0.05, 0) is 25.0 Å². The summed E-state index contributed by atoms with van der Waals surface area (Å²) in [6, 6.07) is 3.21. The van der Waals surface area contributed by atoms with Crippen molar-refractivity contribution in [3.8, 4) is 0 Å². The Bertz CT molecular complexity index is 422. The molecule has 0 spiro atoms. The molecular formula is C14H19F3N2O. The first-order valence-corrected chi connectivity index (χ1v) is 6.98. The molecule has 1 heterocycles. The Morgan fingerprint density at radius 1 is 1.30 bits per heavy atom. The van der Waals surface area contributed by atoms with Crippen LogP contribution in [-0.2, 0) is 0 Å². The van der Waals surface area contributed by atoms with Gasteiger partial charge in [-0.25, -0.2) is 0 Å². The first-order chi connectivity index (χ1) is 9.47. The topological polar surface area (TPSA) is 36.1 Å². The molecule has 1 aromatic rings. The lowest BCUT2D eigenvalue weighted by molar-refractivity contribution is -0.137. The molecule has 0 atom stereocenters. The predicted molar refractivity (Wildman–Crippen MR) is 69.4 cm³/mol. The van der Waals surface area contributed by atoms with Crippen molar-refractivity contribution < 1.29 is 18.0 Å². The molecule has 20 heavy (non-hydrogen) atoms. The quantitative estimate of drug-likeness (QED) is 0.900. The number of H-pyrrole nitrogens is 1. The molecule has 2 rings (SSSR count). The summed E-state index contributed by atoms with van der Waals surface area (Å²) in [5.74, 6) is -0.328. The monoisotopic (exact) mass is 288 g/mol. The zero-order valence-electron chi connectivity index (χ0n) is 11.2. The van der Waals surface area contributed by atoms with E-state index in [9.17, 15) is 18.0 Å². The van der Waals surface area contributed by atoms with Crippen molar-refractivity contribution in [1.29, 1.82) is 0 Å². The summed E-state index contributed by atoms with van der Waals surface area (Å²) < 4.78 is 37.3. The molecule has 0 radical (unpaired) electrons. The first-order valence-electron chi connectivity index (χ1n) is 6.98. The van der Waals surface area contributed by atoms with Crippen molar-refractivity contribution in [2.75, 3.05) is 6.54 Å². The van der Waals surface area contributed by atoms with E-state index in [2.05, 4.69) is 4.98 Å². The van der Waals surface area contributed by atoms with Crippen molar-refractivity contribution >= 4 is 5.91 Å². The highest BCUT2D eigenvalue weighted by Gasteiger charge is 2.32. The highest BCUT2D eigenvalue weighted by atomic mass is 19.4. The predicted octanol–water partition coefficient (Wildman–Crippen LogP) is 3.74. The molecule has 1 fully saturated rings. The lowest BCUT2D eigenvalue weighted by Gasteiger charge is -2.34. The fourth-order valence-electron chi connectivity index (χ4n) is 2.71. The lowest BCUT2D eigenvalue weighted by atomic mass is 9.94. The summed E-state index contributed by atoms with van der Waals surface area (Å²) in [6.07, 6.45) is 1.07. The second-order valence-electron chi connectivity index (χ2n) is 5.24. The van der Waals surface area contributed by atoms with Crippen LogP contribution < -0.4 is 0 Å². The first kappa shape index (κ1) is 14.9. The van der Waals surface area contributed by atoms with E-state index in [0.29, 0.717) is 5.69 Å². The van der Waals surface area contributed by atoms with Gasteiger partial charge in [-0.1, -0.05) is 19.3 Å². The van der Waals surface area contributed by atoms with E-state index in [4.69, 9.17) is 0 Å².